The van der Waals surface area contributed by atoms with Crippen LogP contribution in [0.5, 0.6) is 0 Å². The summed E-state index contributed by atoms with van der Waals surface area (Å²) in [6.07, 6.45) is 8.24. The molecule has 1 N–H and O–H groups in total. The average molecular weight is 325 g/mol. The third kappa shape index (κ3) is 5.46. The van der Waals surface area contributed by atoms with E-state index in [2.05, 4.69) is 38.0 Å². The lowest BCUT2D eigenvalue weighted by Gasteiger charge is -2.43. The zero-order valence-electron chi connectivity index (χ0n) is 15.6. The summed E-state index contributed by atoms with van der Waals surface area (Å²) < 4.78 is 6.38. The van der Waals surface area contributed by atoms with Gasteiger partial charge < -0.3 is 15.0 Å². The fraction of sp³-hybridized carbons (Fsp3) is 0.947. The van der Waals surface area contributed by atoms with Crippen molar-refractivity contribution in [2.24, 2.45) is 11.3 Å². The lowest BCUT2D eigenvalue weighted by Crippen LogP contribution is -2.46. The van der Waals surface area contributed by atoms with E-state index >= 15 is 0 Å². The van der Waals surface area contributed by atoms with Crippen molar-refractivity contribution in [1.29, 1.82) is 0 Å². The molecule has 1 heterocycles. The van der Waals surface area contributed by atoms with Gasteiger partial charge in [-0.2, -0.15) is 0 Å². The first-order valence-corrected chi connectivity index (χ1v) is 9.54. The number of rotatable bonds is 6. The van der Waals surface area contributed by atoms with Gasteiger partial charge in [0.15, 0.2) is 0 Å². The van der Waals surface area contributed by atoms with E-state index in [-0.39, 0.29) is 17.2 Å². The summed E-state index contributed by atoms with van der Waals surface area (Å²) >= 11 is 0. The van der Waals surface area contributed by atoms with Crippen LogP contribution in [-0.4, -0.2) is 49.7 Å². The van der Waals surface area contributed by atoms with Crippen LogP contribution in [0, 0.1) is 11.3 Å². The smallest absolute Gasteiger partial charge is 0.223 e. The molecule has 4 nitrogen and oxygen atoms in total. The van der Waals surface area contributed by atoms with Crippen molar-refractivity contribution in [3.8, 4) is 0 Å². The number of nitrogens with one attached hydrogen (secondary N) is 1. The van der Waals surface area contributed by atoms with E-state index in [9.17, 15) is 4.79 Å². The van der Waals surface area contributed by atoms with E-state index in [1.165, 1.54) is 0 Å². The Bertz CT molecular complexity index is 376. The molecule has 0 bridgehead atoms. The van der Waals surface area contributed by atoms with E-state index in [1.54, 1.807) is 0 Å². The van der Waals surface area contributed by atoms with Crippen molar-refractivity contribution >= 4 is 5.91 Å². The van der Waals surface area contributed by atoms with Crippen molar-refractivity contribution in [1.82, 2.24) is 10.2 Å². The van der Waals surface area contributed by atoms with Crippen LogP contribution in [-0.2, 0) is 9.53 Å². The third-order valence-electron chi connectivity index (χ3n) is 5.67. The minimum Gasteiger partial charge on any atom is -0.375 e. The van der Waals surface area contributed by atoms with E-state index in [4.69, 9.17) is 4.74 Å². The van der Waals surface area contributed by atoms with Crippen LogP contribution in [0.1, 0.15) is 65.7 Å². The monoisotopic (exact) mass is 324 g/mol. The fourth-order valence-corrected chi connectivity index (χ4v) is 4.08. The highest BCUT2D eigenvalue weighted by Gasteiger charge is 2.41. The van der Waals surface area contributed by atoms with Gasteiger partial charge in [-0.15, -0.1) is 0 Å². The van der Waals surface area contributed by atoms with Crippen LogP contribution < -0.4 is 5.32 Å². The Kier molecular flexibility index (Phi) is 6.90. The number of ether oxygens (including phenoxy) is 1. The molecule has 0 spiro atoms. The molecule has 1 aliphatic carbocycles. The Morgan fingerprint density at radius 2 is 1.87 bits per heavy atom. The molecule has 2 fully saturated rings. The van der Waals surface area contributed by atoms with E-state index in [0.29, 0.717) is 12.2 Å². The van der Waals surface area contributed by atoms with E-state index < -0.39 is 0 Å². The zero-order valence-corrected chi connectivity index (χ0v) is 15.6. The molecule has 2 atom stereocenters. The van der Waals surface area contributed by atoms with Crippen molar-refractivity contribution in [3.63, 3.8) is 0 Å². The zero-order chi connectivity index (χ0) is 16.9. The number of carbonyl (C=O) groups excluding carboxylic acids is 1. The summed E-state index contributed by atoms with van der Waals surface area (Å²) in [7, 11) is 2.18. The van der Waals surface area contributed by atoms with Crippen molar-refractivity contribution in [2.75, 3.05) is 26.7 Å². The summed E-state index contributed by atoms with van der Waals surface area (Å²) in [4.78, 5) is 14.8. The quantitative estimate of drug-likeness (QED) is 0.763. The predicted octanol–water partition coefficient (Wildman–Crippen LogP) is 3.21. The van der Waals surface area contributed by atoms with Crippen molar-refractivity contribution in [3.05, 3.63) is 0 Å². The van der Waals surface area contributed by atoms with Crippen molar-refractivity contribution < 1.29 is 9.53 Å². The minimum atomic E-state index is 0.0324. The summed E-state index contributed by atoms with van der Waals surface area (Å²) in [6.45, 7) is 9.73. The van der Waals surface area contributed by atoms with Crippen molar-refractivity contribution in [2.45, 2.75) is 77.9 Å². The number of hydrogen-bond acceptors (Lipinski definition) is 3. The van der Waals surface area contributed by atoms with Gasteiger partial charge in [-0.1, -0.05) is 27.2 Å². The standard InChI is InChI=1S/C19H36N2O2/c1-5-6-11-20-18(22)17-8-7-16(14-19(17,2)3)23-15-9-12-21(4)13-10-15/h15-17H,5-14H2,1-4H3,(H,20,22). The number of hydrogen-bond donors (Lipinski definition) is 1. The fourth-order valence-electron chi connectivity index (χ4n) is 4.08. The van der Waals surface area contributed by atoms with Gasteiger partial charge in [0, 0.05) is 25.6 Å². The van der Waals surface area contributed by atoms with E-state index in [0.717, 1.165) is 64.6 Å². The maximum atomic E-state index is 12.5. The highest BCUT2D eigenvalue weighted by molar-refractivity contribution is 5.79. The van der Waals surface area contributed by atoms with Crippen LogP contribution in [0.25, 0.3) is 0 Å². The Morgan fingerprint density at radius 3 is 2.48 bits per heavy atom. The van der Waals surface area contributed by atoms with Crippen LogP contribution in [0.15, 0.2) is 0 Å². The number of unbranched alkanes of at least 4 members (excludes halogenated alkanes) is 1. The maximum Gasteiger partial charge on any atom is 0.223 e. The molecule has 2 aliphatic rings. The molecule has 4 heteroatoms. The number of amides is 1. The summed E-state index contributed by atoms with van der Waals surface area (Å²) in [5.41, 5.74) is 0.0324. The molecule has 2 unspecified atom stereocenters. The highest BCUT2D eigenvalue weighted by Crippen LogP contribution is 2.42. The number of piperidine rings is 1. The van der Waals surface area contributed by atoms with Crippen LogP contribution in [0.3, 0.4) is 0 Å². The largest absolute Gasteiger partial charge is 0.375 e. The highest BCUT2D eigenvalue weighted by atomic mass is 16.5. The molecule has 1 saturated heterocycles. The lowest BCUT2D eigenvalue weighted by molar-refractivity contribution is -0.135. The van der Waals surface area contributed by atoms with Gasteiger partial charge in [0.1, 0.15) is 0 Å². The third-order valence-corrected chi connectivity index (χ3v) is 5.67. The van der Waals surface area contributed by atoms with Crippen LogP contribution >= 0.6 is 0 Å². The first-order valence-electron chi connectivity index (χ1n) is 9.54. The molecule has 1 amide bonds. The molecule has 0 aromatic rings. The predicted molar refractivity (Wildman–Crippen MR) is 94.4 cm³/mol. The van der Waals surface area contributed by atoms with Gasteiger partial charge in [-0.25, -0.2) is 0 Å². The van der Waals surface area contributed by atoms with Gasteiger partial charge in [0.2, 0.25) is 5.91 Å². The molecular formula is C19H36N2O2. The molecule has 134 valence electrons. The molecular weight excluding hydrogens is 288 g/mol. The molecule has 0 radical (unpaired) electrons. The van der Waals surface area contributed by atoms with Crippen LogP contribution in [0.4, 0.5) is 0 Å². The molecule has 0 aromatic heterocycles. The normalized spacial score (nSPS) is 29.4. The lowest BCUT2D eigenvalue weighted by atomic mass is 9.67. The number of likely N-dealkylation sites (tertiary alicyclic amines) is 1. The minimum absolute atomic E-state index is 0.0324. The van der Waals surface area contributed by atoms with Gasteiger partial charge in [0.25, 0.3) is 0 Å². The molecule has 2 rings (SSSR count). The Labute approximate surface area is 142 Å². The molecule has 1 saturated carbocycles. The SMILES string of the molecule is CCCCNC(=O)C1CCC(OC2CCN(C)CC2)CC1(C)C. The van der Waals surface area contributed by atoms with Gasteiger partial charge in [-0.3, -0.25) is 4.79 Å². The Hall–Kier alpha value is -0.610. The molecule has 1 aliphatic heterocycles. The summed E-state index contributed by atoms with van der Waals surface area (Å²) in [5.74, 6) is 0.387. The second-order valence-electron chi connectivity index (χ2n) is 8.23. The second-order valence-corrected chi connectivity index (χ2v) is 8.23. The Morgan fingerprint density at radius 1 is 1.17 bits per heavy atom. The van der Waals surface area contributed by atoms with Gasteiger partial charge in [0.05, 0.1) is 12.2 Å². The molecule has 0 aromatic carbocycles. The second kappa shape index (κ2) is 8.48. The number of carbonyl (C=O) groups is 1. The molecule has 23 heavy (non-hydrogen) atoms. The topological polar surface area (TPSA) is 41.6 Å². The first kappa shape index (κ1) is 18.7. The summed E-state index contributed by atoms with van der Waals surface area (Å²) in [5, 5.41) is 3.12. The summed E-state index contributed by atoms with van der Waals surface area (Å²) in [6, 6.07) is 0. The average Bonchev–Trinajstić information content (AvgIpc) is 2.49. The first-order chi connectivity index (χ1) is 10.9. The maximum absolute atomic E-state index is 12.5. The van der Waals surface area contributed by atoms with Gasteiger partial charge >= 0.3 is 0 Å². The number of nitrogens with zero attached hydrogens (tertiary/aromatic N) is 1. The van der Waals surface area contributed by atoms with Crippen LogP contribution in [0.2, 0.25) is 0 Å². The van der Waals surface area contributed by atoms with E-state index in [1.807, 2.05) is 0 Å². The Balaban J connectivity index is 1.80. The van der Waals surface area contributed by atoms with Gasteiger partial charge in [-0.05, 0) is 51.0 Å².